The van der Waals surface area contributed by atoms with Crippen molar-refractivity contribution in [3.63, 3.8) is 0 Å². The number of methoxy groups -OCH3 is 1. The van der Waals surface area contributed by atoms with E-state index in [0.717, 1.165) is 11.3 Å². The summed E-state index contributed by atoms with van der Waals surface area (Å²) < 4.78 is 10.2. The zero-order valence-electron chi connectivity index (χ0n) is 11.4. The quantitative estimate of drug-likeness (QED) is 0.593. The minimum absolute atomic E-state index is 0.0490. The molecule has 0 aromatic heterocycles. The SMILES string of the molecule is COc1ccc(/C=N/OCC(=O)N2CCOCC2)cc1. The van der Waals surface area contributed by atoms with Crippen molar-refractivity contribution in [1.29, 1.82) is 0 Å². The number of benzene rings is 1. The summed E-state index contributed by atoms with van der Waals surface area (Å²) in [4.78, 5) is 18.5. The molecule has 0 spiro atoms. The van der Waals surface area contributed by atoms with Crippen LogP contribution in [0.3, 0.4) is 0 Å². The number of amides is 1. The van der Waals surface area contributed by atoms with Crippen molar-refractivity contribution >= 4 is 12.1 Å². The van der Waals surface area contributed by atoms with Crippen LogP contribution >= 0.6 is 0 Å². The van der Waals surface area contributed by atoms with Crippen LogP contribution in [0.2, 0.25) is 0 Å². The molecule has 1 aromatic rings. The Morgan fingerprint density at radius 2 is 2.05 bits per heavy atom. The van der Waals surface area contributed by atoms with E-state index in [0.29, 0.717) is 26.3 Å². The molecule has 6 heteroatoms. The zero-order valence-corrected chi connectivity index (χ0v) is 11.4. The number of nitrogens with zero attached hydrogens (tertiary/aromatic N) is 2. The molecule has 108 valence electrons. The van der Waals surface area contributed by atoms with Crippen molar-refractivity contribution in [2.45, 2.75) is 0 Å². The van der Waals surface area contributed by atoms with Gasteiger partial charge in [-0.25, -0.2) is 0 Å². The van der Waals surface area contributed by atoms with E-state index in [1.54, 1.807) is 18.2 Å². The van der Waals surface area contributed by atoms with Gasteiger partial charge >= 0.3 is 0 Å². The fourth-order valence-corrected chi connectivity index (χ4v) is 1.78. The van der Waals surface area contributed by atoms with Gasteiger partial charge in [0, 0.05) is 13.1 Å². The highest BCUT2D eigenvalue weighted by Gasteiger charge is 2.16. The maximum absolute atomic E-state index is 11.7. The average molecular weight is 278 g/mol. The normalized spacial score (nSPS) is 15.3. The standard InChI is InChI=1S/C14H18N2O4/c1-18-13-4-2-12(3-5-13)10-15-20-11-14(17)16-6-8-19-9-7-16/h2-5,10H,6-9,11H2,1H3/b15-10+. The number of carbonyl (C=O) groups is 1. The highest BCUT2D eigenvalue weighted by Crippen LogP contribution is 2.09. The van der Waals surface area contributed by atoms with E-state index < -0.39 is 0 Å². The molecular formula is C14H18N2O4. The number of carbonyl (C=O) groups excluding carboxylic acids is 1. The second-order valence-corrected chi connectivity index (χ2v) is 4.27. The third kappa shape index (κ3) is 4.24. The number of morpholine rings is 1. The molecule has 1 aliphatic rings. The van der Waals surface area contributed by atoms with E-state index in [9.17, 15) is 4.79 Å². The minimum atomic E-state index is -0.0693. The van der Waals surface area contributed by atoms with Gasteiger partial charge in [0.15, 0.2) is 6.61 Å². The van der Waals surface area contributed by atoms with Gasteiger partial charge in [0.2, 0.25) is 0 Å². The van der Waals surface area contributed by atoms with Gasteiger partial charge in [-0.2, -0.15) is 0 Å². The largest absolute Gasteiger partial charge is 0.497 e. The maximum Gasteiger partial charge on any atom is 0.263 e. The first-order valence-corrected chi connectivity index (χ1v) is 6.44. The summed E-state index contributed by atoms with van der Waals surface area (Å²) in [5.41, 5.74) is 0.879. The van der Waals surface area contributed by atoms with E-state index in [1.807, 2.05) is 24.3 Å². The zero-order chi connectivity index (χ0) is 14.2. The maximum atomic E-state index is 11.7. The van der Waals surface area contributed by atoms with Crippen LogP contribution in [0.25, 0.3) is 0 Å². The molecule has 1 amide bonds. The Morgan fingerprint density at radius 3 is 2.70 bits per heavy atom. The molecule has 1 saturated heterocycles. The predicted octanol–water partition coefficient (Wildman–Crippen LogP) is 0.904. The third-order valence-corrected chi connectivity index (χ3v) is 2.94. The van der Waals surface area contributed by atoms with Gasteiger partial charge in [-0.15, -0.1) is 0 Å². The molecule has 1 aromatic carbocycles. The lowest BCUT2D eigenvalue weighted by molar-refractivity contribution is -0.140. The van der Waals surface area contributed by atoms with Crippen molar-refractivity contribution in [3.8, 4) is 5.75 Å². The highest BCUT2D eigenvalue weighted by atomic mass is 16.6. The van der Waals surface area contributed by atoms with Crippen LogP contribution in [0, 0.1) is 0 Å². The Kier molecular flexibility index (Phi) is 5.37. The van der Waals surface area contributed by atoms with E-state index in [2.05, 4.69) is 5.16 Å². The van der Waals surface area contributed by atoms with Crippen LogP contribution in [-0.4, -0.2) is 57.0 Å². The lowest BCUT2D eigenvalue weighted by Crippen LogP contribution is -2.42. The Hall–Kier alpha value is -2.08. The monoisotopic (exact) mass is 278 g/mol. The molecule has 0 aliphatic carbocycles. The second-order valence-electron chi connectivity index (χ2n) is 4.27. The number of hydrogen-bond donors (Lipinski definition) is 0. The summed E-state index contributed by atoms with van der Waals surface area (Å²) in [5.74, 6) is 0.714. The van der Waals surface area contributed by atoms with Gasteiger partial charge in [0.05, 0.1) is 26.5 Å². The van der Waals surface area contributed by atoms with E-state index in [1.165, 1.54) is 0 Å². The molecule has 0 radical (unpaired) electrons. The molecule has 6 nitrogen and oxygen atoms in total. The highest BCUT2D eigenvalue weighted by molar-refractivity contribution is 5.80. The molecule has 0 N–H and O–H groups in total. The van der Waals surface area contributed by atoms with Gasteiger partial charge in [0.25, 0.3) is 5.91 Å². The van der Waals surface area contributed by atoms with Gasteiger partial charge in [0.1, 0.15) is 5.75 Å². The molecule has 0 saturated carbocycles. The number of rotatable bonds is 5. The smallest absolute Gasteiger partial charge is 0.263 e. The first-order chi connectivity index (χ1) is 9.79. The van der Waals surface area contributed by atoms with E-state index in [-0.39, 0.29) is 12.5 Å². The second kappa shape index (κ2) is 7.49. The third-order valence-electron chi connectivity index (χ3n) is 2.94. The summed E-state index contributed by atoms with van der Waals surface area (Å²) in [5, 5.41) is 3.79. The predicted molar refractivity (Wildman–Crippen MR) is 73.9 cm³/mol. The molecular weight excluding hydrogens is 260 g/mol. The van der Waals surface area contributed by atoms with Crippen LogP contribution in [0.4, 0.5) is 0 Å². The van der Waals surface area contributed by atoms with Gasteiger partial charge in [-0.05, 0) is 29.8 Å². The first-order valence-electron chi connectivity index (χ1n) is 6.44. The van der Waals surface area contributed by atoms with Crippen molar-refractivity contribution in [2.24, 2.45) is 5.16 Å². The molecule has 1 heterocycles. The topological polar surface area (TPSA) is 60.4 Å². The summed E-state index contributed by atoms with van der Waals surface area (Å²) in [7, 11) is 1.61. The molecule has 0 bridgehead atoms. The van der Waals surface area contributed by atoms with Crippen LogP contribution < -0.4 is 4.74 Å². The van der Waals surface area contributed by atoms with Crippen molar-refractivity contribution in [2.75, 3.05) is 40.0 Å². The summed E-state index contributed by atoms with van der Waals surface area (Å²) in [6, 6.07) is 7.38. The van der Waals surface area contributed by atoms with Crippen molar-refractivity contribution in [1.82, 2.24) is 4.90 Å². The molecule has 0 unspecified atom stereocenters. The Bertz CT molecular complexity index is 453. The Morgan fingerprint density at radius 1 is 1.35 bits per heavy atom. The first kappa shape index (κ1) is 14.3. The summed E-state index contributed by atoms with van der Waals surface area (Å²) in [6.07, 6.45) is 1.56. The van der Waals surface area contributed by atoms with Crippen molar-refractivity contribution < 1.29 is 19.1 Å². The minimum Gasteiger partial charge on any atom is -0.497 e. The molecule has 0 atom stereocenters. The number of ether oxygens (including phenoxy) is 2. The van der Waals surface area contributed by atoms with Crippen LogP contribution in [0.5, 0.6) is 5.75 Å². The Labute approximate surface area is 117 Å². The van der Waals surface area contributed by atoms with E-state index >= 15 is 0 Å². The van der Waals surface area contributed by atoms with Crippen molar-refractivity contribution in [3.05, 3.63) is 29.8 Å². The van der Waals surface area contributed by atoms with Gasteiger partial charge in [-0.1, -0.05) is 5.16 Å². The Balaban J connectivity index is 1.73. The number of oxime groups is 1. The molecule has 2 rings (SSSR count). The van der Waals surface area contributed by atoms with Crippen LogP contribution in [-0.2, 0) is 14.4 Å². The van der Waals surface area contributed by atoms with Gasteiger partial charge < -0.3 is 19.2 Å². The molecule has 1 fully saturated rings. The average Bonchev–Trinajstić information content (AvgIpc) is 2.53. The fourth-order valence-electron chi connectivity index (χ4n) is 1.78. The van der Waals surface area contributed by atoms with E-state index in [4.69, 9.17) is 14.3 Å². The van der Waals surface area contributed by atoms with Crippen LogP contribution in [0.15, 0.2) is 29.4 Å². The van der Waals surface area contributed by atoms with Crippen LogP contribution in [0.1, 0.15) is 5.56 Å². The lowest BCUT2D eigenvalue weighted by Gasteiger charge is -2.26. The summed E-state index contributed by atoms with van der Waals surface area (Å²) in [6.45, 7) is 2.35. The molecule has 20 heavy (non-hydrogen) atoms. The number of hydrogen-bond acceptors (Lipinski definition) is 5. The summed E-state index contributed by atoms with van der Waals surface area (Å²) >= 11 is 0. The van der Waals surface area contributed by atoms with Gasteiger partial charge in [-0.3, -0.25) is 4.79 Å². The lowest BCUT2D eigenvalue weighted by atomic mass is 10.2. The molecule has 1 aliphatic heterocycles. The fraction of sp³-hybridized carbons (Fsp3) is 0.429.